The van der Waals surface area contributed by atoms with Crippen molar-refractivity contribution in [3.05, 3.63) is 54.1 Å². The van der Waals surface area contributed by atoms with E-state index in [2.05, 4.69) is 51.4 Å². The van der Waals surface area contributed by atoms with Gasteiger partial charge in [0.15, 0.2) is 0 Å². The van der Waals surface area contributed by atoms with Gasteiger partial charge in [0.1, 0.15) is 5.82 Å². The molecule has 1 aliphatic carbocycles. The van der Waals surface area contributed by atoms with E-state index >= 15 is 0 Å². The number of hydrogen-bond acceptors (Lipinski definition) is 2. The fraction of sp³-hybridized carbons (Fsp3) is 0.471. The fourth-order valence-electron chi connectivity index (χ4n) is 2.97. The lowest BCUT2D eigenvalue weighted by molar-refractivity contribution is 0.367. The lowest BCUT2D eigenvalue weighted by Crippen LogP contribution is -2.31. The topological polar surface area (TPSA) is 29.9 Å². The van der Waals surface area contributed by atoms with Crippen LogP contribution in [0.4, 0.5) is 0 Å². The van der Waals surface area contributed by atoms with Crippen LogP contribution in [-0.4, -0.2) is 15.6 Å². The van der Waals surface area contributed by atoms with Crippen LogP contribution in [0.3, 0.4) is 0 Å². The third kappa shape index (κ3) is 3.48. The van der Waals surface area contributed by atoms with E-state index < -0.39 is 0 Å². The number of nitrogens with one attached hydrogen (secondary N) is 1. The summed E-state index contributed by atoms with van der Waals surface area (Å²) < 4.78 is 2.24. The second kappa shape index (κ2) is 6.71. The Bertz CT molecular complexity index is 512. The quantitative estimate of drug-likeness (QED) is 0.902. The average Bonchev–Trinajstić information content (AvgIpc) is 2.94. The predicted molar refractivity (Wildman–Crippen MR) is 81.5 cm³/mol. The minimum absolute atomic E-state index is 0.686. The summed E-state index contributed by atoms with van der Waals surface area (Å²) in [5.41, 5.74) is 1.32. The van der Waals surface area contributed by atoms with Gasteiger partial charge in [-0.1, -0.05) is 49.6 Å². The Kier molecular flexibility index (Phi) is 4.49. The van der Waals surface area contributed by atoms with Crippen molar-refractivity contribution in [2.75, 3.05) is 0 Å². The van der Waals surface area contributed by atoms with Gasteiger partial charge in [0.2, 0.25) is 0 Å². The molecule has 0 bridgehead atoms. The van der Waals surface area contributed by atoms with E-state index in [1.165, 1.54) is 37.7 Å². The summed E-state index contributed by atoms with van der Waals surface area (Å²) in [7, 11) is 0. The van der Waals surface area contributed by atoms with Gasteiger partial charge in [-0.05, 0) is 18.4 Å². The van der Waals surface area contributed by atoms with Crippen LogP contribution in [0.15, 0.2) is 42.7 Å². The van der Waals surface area contributed by atoms with Gasteiger partial charge in [0.25, 0.3) is 0 Å². The number of benzene rings is 1. The normalized spacial score (nSPS) is 16.4. The molecular weight excluding hydrogens is 246 g/mol. The third-order valence-electron chi connectivity index (χ3n) is 4.15. The number of aromatic nitrogens is 2. The fourth-order valence-corrected chi connectivity index (χ4v) is 2.97. The van der Waals surface area contributed by atoms with Gasteiger partial charge in [-0.2, -0.15) is 0 Å². The van der Waals surface area contributed by atoms with E-state index in [1.807, 2.05) is 6.20 Å². The molecule has 1 aromatic heterocycles. The Morgan fingerprint density at radius 1 is 1.10 bits per heavy atom. The van der Waals surface area contributed by atoms with Crippen LogP contribution in [0, 0.1) is 0 Å². The molecule has 3 heteroatoms. The Labute approximate surface area is 121 Å². The van der Waals surface area contributed by atoms with Gasteiger partial charge in [-0.15, -0.1) is 0 Å². The zero-order valence-electron chi connectivity index (χ0n) is 12.0. The average molecular weight is 269 g/mol. The van der Waals surface area contributed by atoms with Gasteiger partial charge in [-0.25, -0.2) is 4.98 Å². The van der Waals surface area contributed by atoms with Crippen molar-refractivity contribution in [2.24, 2.45) is 0 Å². The van der Waals surface area contributed by atoms with Crippen LogP contribution < -0.4 is 5.32 Å². The summed E-state index contributed by atoms with van der Waals surface area (Å²) in [6.07, 6.45) is 10.8. The van der Waals surface area contributed by atoms with Gasteiger partial charge in [-0.3, -0.25) is 0 Å². The number of nitrogens with zero attached hydrogens (tertiary/aromatic N) is 2. The molecule has 0 spiro atoms. The first kappa shape index (κ1) is 13.4. The molecule has 3 nitrogen and oxygen atoms in total. The third-order valence-corrected chi connectivity index (χ3v) is 4.15. The predicted octanol–water partition coefficient (Wildman–Crippen LogP) is 3.35. The first-order valence-corrected chi connectivity index (χ1v) is 7.69. The minimum Gasteiger partial charge on any atom is -0.329 e. The molecule has 1 N–H and O–H groups in total. The number of rotatable bonds is 5. The number of hydrogen-bond donors (Lipinski definition) is 1. The molecule has 1 fully saturated rings. The SMILES string of the molecule is c1ccc(Cn2ccnc2CNC2CCCCC2)cc1. The molecule has 1 saturated carbocycles. The molecule has 2 aromatic rings. The lowest BCUT2D eigenvalue weighted by Gasteiger charge is -2.22. The van der Waals surface area contributed by atoms with E-state index in [0.717, 1.165) is 18.9 Å². The van der Waals surface area contributed by atoms with Crippen molar-refractivity contribution in [2.45, 2.75) is 51.2 Å². The molecule has 0 amide bonds. The lowest BCUT2D eigenvalue weighted by atomic mass is 9.95. The molecule has 1 aliphatic rings. The molecule has 20 heavy (non-hydrogen) atoms. The largest absolute Gasteiger partial charge is 0.329 e. The van der Waals surface area contributed by atoms with Crippen molar-refractivity contribution >= 4 is 0 Å². The highest BCUT2D eigenvalue weighted by Crippen LogP contribution is 2.17. The Hall–Kier alpha value is -1.61. The van der Waals surface area contributed by atoms with Crippen LogP contribution >= 0.6 is 0 Å². The molecule has 106 valence electrons. The van der Waals surface area contributed by atoms with E-state index in [1.54, 1.807) is 0 Å². The Morgan fingerprint density at radius 3 is 2.70 bits per heavy atom. The maximum Gasteiger partial charge on any atom is 0.122 e. The van der Waals surface area contributed by atoms with Gasteiger partial charge in [0.05, 0.1) is 6.54 Å². The van der Waals surface area contributed by atoms with E-state index in [4.69, 9.17) is 0 Å². The monoisotopic (exact) mass is 269 g/mol. The maximum absolute atomic E-state index is 4.50. The van der Waals surface area contributed by atoms with E-state index in [9.17, 15) is 0 Å². The van der Waals surface area contributed by atoms with Crippen molar-refractivity contribution in [3.63, 3.8) is 0 Å². The summed E-state index contributed by atoms with van der Waals surface area (Å²) >= 11 is 0. The molecule has 1 aromatic carbocycles. The van der Waals surface area contributed by atoms with Crippen LogP contribution in [0.5, 0.6) is 0 Å². The Balaban J connectivity index is 1.58. The van der Waals surface area contributed by atoms with Gasteiger partial charge < -0.3 is 9.88 Å². The highest BCUT2D eigenvalue weighted by atomic mass is 15.1. The maximum atomic E-state index is 4.50. The van der Waals surface area contributed by atoms with Crippen molar-refractivity contribution in [1.29, 1.82) is 0 Å². The van der Waals surface area contributed by atoms with Crippen LogP contribution in [0.1, 0.15) is 43.5 Å². The van der Waals surface area contributed by atoms with Gasteiger partial charge >= 0.3 is 0 Å². The summed E-state index contributed by atoms with van der Waals surface area (Å²) in [6, 6.07) is 11.3. The summed E-state index contributed by atoms with van der Waals surface area (Å²) in [6.45, 7) is 1.78. The molecule has 0 unspecified atom stereocenters. The molecular formula is C17H23N3. The summed E-state index contributed by atoms with van der Waals surface area (Å²) in [5.74, 6) is 1.14. The summed E-state index contributed by atoms with van der Waals surface area (Å²) in [5, 5.41) is 3.67. The van der Waals surface area contributed by atoms with E-state index in [0.29, 0.717) is 6.04 Å². The summed E-state index contributed by atoms with van der Waals surface area (Å²) in [4.78, 5) is 4.50. The smallest absolute Gasteiger partial charge is 0.122 e. The Morgan fingerprint density at radius 2 is 1.90 bits per heavy atom. The molecule has 0 aliphatic heterocycles. The number of imidazole rings is 1. The highest BCUT2D eigenvalue weighted by molar-refractivity contribution is 5.15. The zero-order valence-corrected chi connectivity index (χ0v) is 12.0. The molecule has 0 atom stereocenters. The van der Waals surface area contributed by atoms with Crippen LogP contribution in [0.2, 0.25) is 0 Å². The standard InChI is InChI=1S/C17H23N3/c1-3-7-15(8-4-1)14-20-12-11-18-17(20)13-19-16-9-5-2-6-10-16/h1,3-4,7-8,11-12,16,19H,2,5-6,9-10,13-14H2. The van der Waals surface area contributed by atoms with Gasteiger partial charge in [0, 0.05) is 25.0 Å². The van der Waals surface area contributed by atoms with Crippen molar-refractivity contribution in [1.82, 2.24) is 14.9 Å². The second-order valence-corrected chi connectivity index (χ2v) is 5.67. The zero-order chi connectivity index (χ0) is 13.6. The first-order valence-electron chi connectivity index (χ1n) is 7.69. The molecule has 3 rings (SSSR count). The first-order chi connectivity index (χ1) is 9.92. The van der Waals surface area contributed by atoms with Crippen LogP contribution in [-0.2, 0) is 13.1 Å². The van der Waals surface area contributed by atoms with Crippen LogP contribution in [0.25, 0.3) is 0 Å². The van der Waals surface area contributed by atoms with E-state index in [-0.39, 0.29) is 0 Å². The second-order valence-electron chi connectivity index (χ2n) is 5.67. The molecule has 0 saturated heterocycles. The molecule has 0 radical (unpaired) electrons. The molecule has 1 heterocycles. The highest BCUT2D eigenvalue weighted by Gasteiger charge is 2.13. The van der Waals surface area contributed by atoms with Crippen molar-refractivity contribution in [3.8, 4) is 0 Å². The van der Waals surface area contributed by atoms with Crippen molar-refractivity contribution < 1.29 is 0 Å². The minimum atomic E-state index is 0.686.